The van der Waals surface area contributed by atoms with E-state index >= 15 is 0 Å². The highest BCUT2D eigenvalue weighted by Gasteiger charge is 2.41. The second-order valence-corrected chi connectivity index (χ2v) is 7.67. The van der Waals surface area contributed by atoms with Crippen LogP contribution in [0.1, 0.15) is 41.0 Å². The first-order chi connectivity index (χ1) is 10.5. The Morgan fingerprint density at radius 2 is 2.00 bits per heavy atom. The number of hydrogen-bond donors (Lipinski definition) is 1. The predicted molar refractivity (Wildman–Crippen MR) is 91.0 cm³/mol. The number of anilines is 1. The van der Waals surface area contributed by atoms with Crippen molar-refractivity contribution in [2.24, 2.45) is 0 Å². The molecule has 1 heterocycles. The molecule has 0 aromatic heterocycles. The second kappa shape index (κ2) is 6.04. The van der Waals surface area contributed by atoms with E-state index in [1.807, 2.05) is 20.8 Å². The summed E-state index contributed by atoms with van der Waals surface area (Å²) in [5.41, 5.74) is -0.668. The van der Waals surface area contributed by atoms with Crippen LogP contribution < -0.4 is 15.0 Å². The summed E-state index contributed by atoms with van der Waals surface area (Å²) in [5.74, 6) is 0.309. The molecule has 126 valence electrons. The molecular formula is C17H23ClN2O3. The average molecular weight is 339 g/mol. The van der Waals surface area contributed by atoms with E-state index in [4.69, 9.17) is 16.3 Å². The third-order valence-corrected chi connectivity index (χ3v) is 3.65. The topological polar surface area (TPSA) is 58.6 Å². The number of rotatable bonds is 3. The smallest absolute Gasteiger partial charge is 0.270 e. The van der Waals surface area contributed by atoms with Crippen molar-refractivity contribution in [3.05, 3.63) is 23.2 Å². The molecule has 0 bridgehead atoms. The zero-order valence-corrected chi connectivity index (χ0v) is 15.0. The van der Waals surface area contributed by atoms with Crippen LogP contribution in [0.4, 0.5) is 5.69 Å². The van der Waals surface area contributed by atoms with Crippen LogP contribution in [0.15, 0.2) is 18.2 Å². The lowest BCUT2D eigenvalue weighted by atomic mass is 10.0. The van der Waals surface area contributed by atoms with Gasteiger partial charge in [0.15, 0.2) is 5.60 Å². The van der Waals surface area contributed by atoms with Crippen molar-refractivity contribution in [1.29, 1.82) is 0 Å². The number of halogens is 1. The maximum Gasteiger partial charge on any atom is 0.270 e. The van der Waals surface area contributed by atoms with Crippen molar-refractivity contribution in [2.45, 2.75) is 52.2 Å². The molecule has 23 heavy (non-hydrogen) atoms. The molecule has 1 N–H and O–H groups in total. The highest BCUT2D eigenvalue weighted by molar-refractivity contribution is 6.31. The van der Waals surface area contributed by atoms with Crippen molar-refractivity contribution in [3.8, 4) is 5.75 Å². The number of nitrogens with zero attached hydrogens (tertiary/aromatic N) is 1. The molecule has 0 fully saturated rings. The van der Waals surface area contributed by atoms with Crippen molar-refractivity contribution in [2.75, 3.05) is 11.4 Å². The lowest BCUT2D eigenvalue weighted by Crippen LogP contribution is -2.53. The summed E-state index contributed by atoms with van der Waals surface area (Å²) in [6.07, 6.45) is 0.213. The minimum absolute atomic E-state index is 0.0989. The normalized spacial score (nSPS) is 16.6. The van der Waals surface area contributed by atoms with Gasteiger partial charge in [-0.15, -0.1) is 0 Å². The molecule has 1 aliphatic rings. The number of fused-ring (bicyclic) bond motifs is 1. The SMILES string of the molecule is CC(C)(C)NC(=O)CCN1C(=O)C(C)(C)Oc2ccc(Cl)cc21. The quantitative estimate of drug-likeness (QED) is 0.921. The van der Waals surface area contributed by atoms with Gasteiger partial charge in [0, 0.05) is 23.5 Å². The van der Waals surface area contributed by atoms with Gasteiger partial charge in [-0.3, -0.25) is 9.59 Å². The fourth-order valence-corrected chi connectivity index (χ4v) is 2.62. The van der Waals surface area contributed by atoms with Crippen LogP contribution in [0.25, 0.3) is 0 Å². The van der Waals surface area contributed by atoms with Crippen LogP contribution in [0.5, 0.6) is 5.75 Å². The van der Waals surface area contributed by atoms with Crippen LogP contribution >= 0.6 is 11.6 Å². The van der Waals surface area contributed by atoms with Crippen LogP contribution in [0.2, 0.25) is 5.02 Å². The highest BCUT2D eigenvalue weighted by atomic mass is 35.5. The molecule has 0 saturated carbocycles. The van der Waals surface area contributed by atoms with Crippen molar-refractivity contribution >= 4 is 29.1 Å². The van der Waals surface area contributed by atoms with E-state index in [0.717, 1.165) is 0 Å². The molecule has 0 atom stereocenters. The Bertz CT molecular complexity index is 635. The van der Waals surface area contributed by atoms with E-state index in [9.17, 15) is 9.59 Å². The monoisotopic (exact) mass is 338 g/mol. The molecule has 5 nitrogen and oxygen atoms in total. The first-order valence-corrected chi connectivity index (χ1v) is 7.99. The molecule has 0 saturated heterocycles. The summed E-state index contributed by atoms with van der Waals surface area (Å²) in [5, 5.41) is 3.41. The third kappa shape index (κ3) is 4.16. The zero-order chi connectivity index (χ0) is 17.4. The van der Waals surface area contributed by atoms with Gasteiger partial charge in [0.25, 0.3) is 5.91 Å². The summed E-state index contributed by atoms with van der Waals surface area (Å²) < 4.78 is 5.75. The molecule has 2 amide bonds. The molecule has 1 aromatic rings. The number of hydrogen-bond acceptors (Lipinski definition) is 3. The van der Waals surface area contributed by atoms with E-state index in [1.54, 1.807) is 36.9 Å². The third-order valence-electron chi connectivity index (χ3n) is 3.41. The van der Waals surface area contributed by atoms with Gasteiger partial charge in [-0.25, -0.2) is 0 Å². The van der Waals surface area contributed by atoms with E-state index in [0.29, 0.717) is 16.5 Å². The Balaban J connectivity index is 2.21. The number of carbonyl (C=O) groups excluding carboxylic acids is 2. The summed E-state index contributed by atoms with van der Waals surface area (Å²) >= 11 is 6.04. The standard InChI is InChI=1S/C17H23ClN2O3/c1-16(2,3)19-14(21)8-9-20-12-10-11(18)6-7-13(12)23-17(4,5)15(20)22/h6-7,10H,8-9H2,1-5H3,(H,19,21). The zero-order valence-electron chi connectivity index (χ0n) is 14.2. The van der Waals surface area contributed by atoms with Gasteiger partial charge in [0.1, 0.15) is 5.75 Å². The van der Waals surface area contributed by atoms with Gasteiger partial charge >= 0.3 is 0 Å². The number of carbonyl (C=O) groups is 2. The fourth-order valence-electron chi connectivity index (χ4n) is 2.46. The van der Waals surface area contributed by atoms with E-state index in [1.165, 1.54) is 0 Å². The molecule has 0 unspecified atom stereocenters. The van der Waals surface area contributed by atoms with Gasteiger partial charge in [0.2, 0.25) is 5.91 Å². The minimum atomic E-state index is -0.971. The minimum Gasteiger partial charge on any atom is -0.476 e. The van der Waals surface area contributed by atoms with E-state index < -0.39 is 5.60 Å². The van der Waals surface area contributed by atoms with Crippen LogP contribution in [-0.2, 0) is 9.59 Å². The summed E-state index contributed by atoms with van der Waals surface area (Å²) in [7, 11) is 0. The predicted octanol–water partition coefficient (Wildman–Crippen LogP) is 3.15. The second-order valence-electron chi connectivity index (χ2n) is 7.23. The van der Waals surface area contributed by atoms with Crippen molar-refractivity contribution in [1.82, 2.24) is 5.32 Å². The summed E-state index contributed by atoms with van der Waals surface area (Å²) in [6, 6.07) is 5.15. The summed E-state index contributed by atoms with van der Waals surface area (Å²) in [4.78, 5) is 26.3. The molecule has 0 spiro atoms. The maximum atomic E-state index is 12.6. The van der Waals surface area contributed by atoms with Gasteiger partial charge in [-0.1, -0.05) is 11.6 Å². The number of ether oxygens (including phenoxy) is 1. The molecule has 6 heteroatoms. The number of amides is 2. The van der Waals surface area contributed by atoms with E-state index in [2.05, 4.69) is 5.32 Å². The van der Waals surface area contributed by atoms with Gasteiger partial charge in [0.05, 0.1) is 5.69 Å². The lowest BCUT2D eigenvalue weighted by Gasteiger charge is -2.38. The lowest BCUT2D eigenvalue weighted by molar-refractivity contribution is -0.132. The van der Waals surface area contributed by atoms with Gasteiger partial charge in [-0.05, 0) is 52.8 Å². The highest BCUT2D eigenvalue weighted by Crippen LogP contribution is 2.39. The Labute approximate surface area is 141 Å². The Morgan fingerprint density at radius 1 is 1.35 bits per heavy atom. The van der Waals surface area contributed by atoms with Crippen LogP contribution in [0, 0.1) is 0 Å². The van der Waals surface area contributed by atoms with Crippen molar-refractivity contribution < 1.29 is 14.3 Å². The Hall–Kier alpha value is -1.75. The maximum absolute atomic E-state index is 12.6. The van der Waals surface area contributed by atoms with Crippen LogP contribution in [-0.4, -0.2) is 29.5 Å². The van der Waals surface area contributed by atoms with Gasteiger partial charge < -0.3 is 15.0 Å². The van der Waals surface area contributed by atoms with Crippen LogP contribution in [0.3, 0.4) is 0 Å². The first kappa shape index (κ1) is 17.6. The number of benzene rings is 1. The molecule has 1 aromatic carbocycles. The molecule has 2 rings (SSSR count). The first-order valence-electron chi connectivity index (χ1n) is 7.61. The van der Waals surface area contributed by atoms with Crippen molar-refractivity contribution in [3.63, 3.8) is 0 Å². The summed E-state index contributed by atoms with van der Waals surface area (Å²) in [6.45, 7) is 9.47. The molecule has 0 aliphatic carbocycles. The number of nitrogens with one attached hydrogen (secondary N) is 1. The van der Waals surface area contributed by atoms with E-state index in [-0.39, 0.29) is 30.3 Å². The average Bonchev–Trinajstić information content (AvgIpc) is 2.38. The Morgan fingerprint density at radius 3 is 2.61 bits per heavy atom. The largest absolute Gasteiger partial charge is 0.476 e. The molecule has 1 aliphatic heterocycles. The Kier molecular flexibility index (Phi) is 4.62. The fraction of sp³-hybridized carbons (Fsp3) is 0.529. The molecular weight excluding hydrogens is 316 g/mol. The molecule has 0 radical (unpaired) electrons. The van der Waals surface area contributed by atoms with Gasteiger partial charge in [-0.2, -0.15) is 0 Å².